The minimum Gasteiger partial charge on any atom is -0.312 e. The van der Waals surface area contributed by atoms with Crippen LogP contribution in [0.2, 0.25) is 0 Å². The van der Waals surface area contributed by atoms with Crippen LogP contribution in [0, 0.1) is 11.7 Å². The molecule has 1 aliphatic rings. The van der Waals surface area contributed by atoms with Gasteiger partial charge >= 0.3 is 0 Å². The van der Waals surface area contributed by atoms with Crippen LogP contribution in [-0.2, 0) is 6.54 Å². The van der Waals surface area contributed by atoms with Gasteiger partial charge in [-0.25, -0.2) is 4.39 Å². The SMILES string of the molecule is Fc1ccccc1CNCC1CCSC1. The van der Waals surface area contributed by atoms with Gasteiger partial charge in [-0.15, -0.1) is 0 Å². The average Bonchev–Trinajstić information content (AvgIpc) is 2.74. The van der Waals surface area contributed by atoms with Gasteiger partial charge in [0.1, 0.15) is 5.82 Å². The number of nitrogens with one attached hydrogen (secondary N) is 1. The summed E-state index contributed by atoms with van der Waals surface area (Å²) in [5.41, 5.74) is 0.767. The summed E-state index contributed by atoms with van der Waals surface area (Å²) in [6, 6.07) is 6.96. The molecule has 1 fully saturated rings. The lowest BCUT2D eigenvalue weighted by molar-refractivity contribution is 0.512. The molecule has 1 saturated heterocycles. The predicted octanol–water partition coefficient (Wildman–Crippen LogP) is 2.67. The normalized spacial score (nSPS) is 20.7. The first kappa shape index (κ1) is 11.0. The average molecular weight is 225 g/mol. The van der Waals surface area contributed by atoms with E-state index in [4.69, 9.17) is 0 Å². The van der Waals surface area contributed by atoms with E-state index in [2.05, 4.69) is 5.32 Å². The number of thioether (sulfide) groups is 1. The Labute approximate surface area is 94.5 Å². The van der Waals surface area contributed by atoms with Crippen LogP contribution in [0.3, 0.4) is 0 Å². The van der Waals surface area contributed by atoms with Crippen LogP contribution in [0.1, 0.15) is 12.0 Å². The summed E-state index contributed by atoms with van der Waals surface area (Å²) in [4.78, 5) is 0. The van der Waals surface area contributed by atoms with E-state index in [1.807, 2.05) is 23.9 Å². The second-order valence-corrected chi connectivity index (χ2v) is 5.10. The molecule has 1 aromatic carbocycles. The molecule has 0 saturated carbocycles. The molecule has 1 atom stereocenters. The number of halogens is 1. The van der Waals surface area contributed by atoms with Gasteiger partial charge in [0.05, 0.1) is 0 Å². The van der Waals surface area contributed by atoms with Crippen molar-refractivity contribution in [2.24, 2.45) is 5.92 Å². The van der Waals surface area contributed by atoms with Gasteiger partial charge in [0.2, 0.25) is 0 Å². The molecule has 1 unspecified atom stereocenters. The van der Waals surface area contributed by atoms with Crippen molar-refractivity contribution in [3.63, 3.8) is 0 Å². The Morgan fingerprint density at radius 1 is 1.40 bits per heavy atom. The zero-order chi connectivity index (χ0) is 10.5. The van der Waals surface area contributed by atoms with Crippen molar-refractivity contribution >= 4 is 11.8 Å². The molecule has 0 aromatic heterocycles. The standard InChI is InChI=1S/C12H16FNS/c13-12-4-2-1-3-11(12)8-14-7-10-5-6-15-9-10/h1-4,10,14H,5-9H2. The van der Waals surface area contributed by atoms with Gasteiger partial charge in [-0.3, -0.25) is 0 Å². The maximum absolute atomic E-state index is 13.2. The molecular formula is C12H16FNS. The summed E-state index contributed by atoms with van der Waals surface area (Å²) in [7, 11) is 0. The van der Waals surface area contributed by atoms with Crippen molar-refractivity contribution in [3.05, 3.63) is 35.6 Å². The van der Waals surface area contributed by atoms with Crippen LogP contribution < -0.4 is 5.32 Å². The van der Waals surface area contributed by atoms with E-state index in [-0.39, 0.29) is 5.82 Å². The van der Waals surface area contributed by atoms with Gasteiger partial charge in [-0.05, 0) is 36.5 Å². The lowest BCUT2D eigenvalue weighted by Gasteiger charge is -2.10. The second kappa shape index (κ2) is 5.52. The molecule has 15 heavy (non-hydrogen) atoms. The highest BCUT2D eigenvalue weighted by atomic mass is 32.2. The molecule has 1 aliphatic heterocycles. The third-order valence-corrected chi connectivity index (χ3v) is 3.96. The molecular weight excluding hydrogens is 209 g/mol. The largest absolute Gasteiger partial charge is 0.312 e. The Kier molecular flexibility index (Phi) is 4.03. The van der Waals surface area contributed by atoms with E-state index in [9.17, 15) is 4.39 Å². The maximum Gasteiger partial charge on any atom is 0.127 e. The second-order valence-electron chi connectivity index (χ2n) is 3.95. The highest BCUT2D eigenvalue weighted by Gasteiger charge is 2.14. The first-order chi connectivity index (χ1) is 7.36. The van der Waals surface area contributed by atoms with E-state index in [0.717, 1.165) is 18.0 Å². The van der Waals surface area contributed by atoms with Gasteiger partial charge in [0, 0.05) is 12.1 Å². The molecule has 0 bridgehead atoms. The zero-order valence-electron chi connectivity index (χ0n) is 8.71. The highest BCUT2D eigenvalue weighted by molar-refractivity contribution is 7.99. The first-order valence-corrected chi connectivity index (χ1v) is 6.53. The molecule has 3 heteroatoms. The topological polar surface area (TPSA) is 12.0 Å². The van der Waals surface area contributed by atoms with Crippen LogP contribution in [-0.4, -0.2) is 18.1 Å². The van der Waals surface area contributed by atoms with Gasteiger partial charge in [0.15, 0.2) is 0 Å². The summed E-state index contributed by atoms with van der Waals surface area (Å²) in [6.07, 6.45) is 1.30. The van der Waals surface area contributed by atoms with Crippen LogP contribution >= 0.6 is 11.8 Å². The molecule has 0 amide bonds. The van der Waals surface area contributed by atoms with Gasteiger partial charge in [0.25, 0.3) is 0 Å². The van der Waals surface area contributed by atoms with E-state index in [1.54, 1.807) is 6.07 Å². The van der Waals surface area contributed by atoms with Gasteiger partial charge < -0.3 is 5.32 Å². The summed E-state index contributed by atoms with van der Waals surface area (Å²) in [6.45, 7) is 1.66. The summed E-state index contributed by atoms with van der Waals surface area (Å²) in [5.74, 6) is 3.21. The third-order valence-electron chi connectivity index (χ3n) is 2.73. The smallest absolute Gasteiger partial charge is 0.127 e. The molecule has 0 radical (unpaired) electrons. The quantitative estimate of drug-likeness (QED) is 0.845. The molecule has 2 rings (SSSR count). The summed E-state index contributed by atoms with van der Waals surface area (Å²) in [5, 5.41) is 3.33. The highest BCUT2D eigenvalue weighted by Crippen LogP contribution is 2.22. The van der Waals surface area contributed by atoms with Crippen LogP contribution in [0.25, 0.3) is 0 Å². The zero-order valence-corrected chi connectivity index (χ0v) is 9.52. The Bertz CT molecular complexity index is 310. The molecule has 1 N–H and O–H groups in total. The Hall–Kier alpha value is -0.540. The first-order valence-electron chi connectivity index (χ1n) is 5.38. The van der Waals surface area contributed by atoms with E-state index in [1.165, 1.54) is 24.0 Å². The maximum atomic E-state index is 13.2. The number of rotatable bonds is 4. The van der Waals surface area contributed by atoms with E-state index in [0.29, 0.717) is 6.54 Å². The number of hydrogen-bond donors (Lipinski definition) is 1. The monoisotopic (exact) mass is 225 g/mol. The molecule has 0 aliphatic carbocycles. The molecule has 0 spiro atoms. The van der Waals surface area contributed by atoms with Crippen LogP contribution in [0.15, 0.2) is 24.3 Å². The minimum absolute atomic E-state index is 0.106. The fourth-order valence-electron chi connectivity index (χ4n) is 1.80. The Morgan fingerprint density at radius 3 is 3.00 bits per heavy atom. The van der Waals surface area contributed by atoms with E-state index >= 15 is 0 Å². The minimum atomic E-state index is -0.106. The van der Waals surface area contributed by atoms with Crippen molar-refractivity contribution in [1.82, 2.24) is 5.32 Å². The molecule has 1 aromatic rings. The van der Waals surface area contributed by atoms with Crippen molar-refractivity contribution in [2.75, 3.05) is 18.1 Å². The van der Waals surface area contributed by atoms with Crippen LogP contribution in [0.5, 0.6) is 0 Å². The molecule has 1 nitrogen and oxygen atoms in total. The fraction of sp³-hybridized carbons (Fsp3) is 0.500. The van der Waals surface area contributed by atoms with Crippen molar-refractivity contribution in [2.45, 2.75) is 13.0 Å². The third kappa shape index (κ3) is 3.21. The van der Waals surface area contributed by atoms with Gasteiger partial charge in [-0.2, -0.15) is 11.8 Å². The van der Waals surface area contributed by atoms with Crippen molar-refractivity contribution in [3.8, 4) is 0 Å². The molecule has 82 valence electrons. The fourth-order valence-corrected chi connectivity index (χ4v) is 3.08. The van der Waals surface area contributed by atoms with Crippen LogP contribution in [0.4, 0.5) is 4.39 Å². The van der Waals surface area contributed by atoms with Crippen molar-refractivity contribution in [1.29, 1.82) is 0 Å². The Morgan fingerprint density at radius 2 is 2.27 bits per heavy atom. The summed E-state index contributed by atoms with van der Waals surface area (Å²) >= 11 is 2.02. The number of benzene rings is 1. The predicted molar refractivity (Wildman–Crippen MR) is 63.5 cm³/mol. The van der Waals surface area contributed by atoms with E-state index < -0.39 is 0 Å². The summed E-state index contributed by atoms with van der Waals surface area (Å²) < 4.78 is 13.2. The van der Waals surface area contributed by atoms with Gasteiger partial charge in [-0.1, -0.05) is 18.2 Å². The Balaban J connectivity index is 1.75. The number of hydrogen-bond acceptors (Lipinski definition) is 2. The lowest BCUT2D eigenvalue weighted by atomic mass is 10.1. The lowest BCUT2D eigenvalue weighted by Crippen LogP contribution is -2.22. The van der Waals surface area contributed by atoms with Crippen molar-refractivity contribution < 1.29 is 4.39 Å². The molecule has 1 heterocycles.